The molecule has 0 saturated heterocycles. The third kappa shape index (κ3) is 4.81. The van der Waals surface area contributed by atoms with Gasteiger partial charge in [-0.3, -0.25) is 0 Å². The minimum absolute atomic E-state index is 0.216. The number of hydrogen-bond acceptors (Lipinski definition) is 2. The molecule has 0 unspecified atom stereocenters. The van der Waals surface area contributed by atoms with E-state index < -0.39 is 0 Å². The predicted octanol–water partition coefficient (Wildman–Crippen LogP) is 2.77. The van der Waals surface area contributed by atoms with Crippen LogP contribution in [0, 0.1) is 0 Å². The zero-order valence-electron chi connectivity index (χ0n) is 9.35. The highest BCUT2D eigenvalue weighted by Gasteiger charge is 2.00. The van der Waals surface area contributed by atoms with Crippen LogP contribution in [0.25, 0.3) is 5.32 Å². The molecule has 1 rings (SSSR count). The van der Waals surface area contributed by atoms with E-state index in [-0.39, 0.29) is 6.29 Å². The van der Waals surface area contributed by atoms with Crippen LogP contribution in [0.3, 0.4) is 0 Å². The summed E-state index contributed by atoms with van der Waals surface area (Å²) in [6.07, 6.45) is 9.63. The summed E-state index contributed by atoms with van der Waals surface area (Å²) in [5.41, 5.74) is 1.11. The lowest BCUT2D eigenvalue weighted by molar-refractivity contribution is -0.125. The van der Waals surface area contributed by atoms with Crippen LogP contribution in [0.15, 0.2) is 36.1 Å². The van der Waals surface area contributed by atoms with E-state index in [2.05, 4.69) is 5.32 Å². The van der Waals surface area contributed by atoms with Gasteiger partial charge in [0, 0.05) is 13.2 Å². The Kier molecular flexibility index (Phi) is 5.81. The molecule has 0 bridgehead atoms. The summed E-state index contributed by atoms with van der Waals surface area (Å²) in [5, 5.41) is 4.28. The Bertz CT molecular complexity index is 236. The third-order valence-corrected chi connectivity index (χ3v) is 1.89. The summed E-state index contributed by atoms with van der Waals surface area (Å²) in [6.45, 7) is 5.75. The quantitative estimate of drug-likeness (QED) is 0.603. The van der Waals surface area contributed by atoms with Gasteiger partial charge in [0.05, 0.1) is 0 Å². The number of hydrogen-bond donors (Lipinski definition) is 0. The first-order valence-electron chi connectivity index (χ1n) is 5.31. The Morgan fingerprint density at radius 1 is 1.20 bits per heavy atom. The fourth-order valence-electron chi connectivity index (χ4n) is 1.24. The van der Waals surface area contributed by atoms with Crippen molar-refractivity contribution in [3.8, 4) is 0 Å². The smallest absolute Gasteiger partial charge is 0.141 e. The van der Waals surface area contributed by atoms with Crippen molar-refractivity contribution in [3.05, 3.63) is 41.4 Å². The molecule has 0 radical (unpaired) electrons. The van der Waals surface area contributed by atoms with Gasteiger partial charge < -0.3 is 14.8 Å². The zero-order chi connectivity index (χ0) is 10.9. The molecule has 0 aromatic carbocycles. The molecule has 3 nitrogen and oxygen atoms in total. The molecule has 0 heterocycles. The SMILES string of the molecule is CCOC(C[N-]C=C1C=CC=C1)OCC. The van der Waals surface area contributed by atoms with Gasteiger partial charge in [0.15, 0.2) is 0 Å². The maximum Gasteiger partial charge on any atom is 0.141 e. The highest BCUT2D eigenvalue weighted by atomic mass is 16.7. The van der Waals surface area contributed by atoms with Crippen molar-refractivity contribution in [2.45, 2.75) is 20.1 Å². The van der Waals surface area contributed by atoms with E-state index in [9.17, 15) is 0 Å². The van der Waals surface area contributed by atoms with Gasteiger partial charge in [0.1, 0.15) is 6.29 Å². The first-order chi connectivity index (χ1) is 7.36. The molecule has 0 spiro atoms. The molecule has 0 N–H and O–H groups in total. The third-order valence-electron chi connectivity index (χ3n) is 1.89. The summed E-state index contributed by atoms with van der Waals surface area (Å²) in [6, 6.07) is 0. The van der Waals surface area contributed by atoms with Gasteiger partial charge in [-0.1, -0.05) is 30.8 Å². The van der Waals surface area contributed by atoms with Gasteiger partial charge in [0.25, 0.3) is 0 Å². The molecule has 3 heteroatoms. The highest BCUT2D eigenvalue weighted by Crippen LogP contribution is 2.10. The largest absolute Gasteiger partial charge is 0.686 e. The lowest BCUT2D eigenvalue weighted by atomic mass is 10.3. The topological polar surface area (TPSA) is 32.6 Å². The first kappa shape index (κ1) is 12.0. The Morgan fingerprint density at radius 2 is 1.80 bits per heavy atom. The fourth-order valence-corrected chi connectivity index (χ4v) is 1.24. The zero-order valence-corrected chi connectivity index (χ0v) is 9.35. The molecule has 0 atom stereocenters. The molecule has 1 aliphatic carbocycles. The second kappa shape index (κ2) is 7.26. The molecule has 0 aromatic rings. The summed E-state index contributed by atoms with van der Waals surface area (Å²) < 4.78 is 10.7. The molecule has 0 aliphatic heterocycles. The van der Waals surface area contributed by atoms with Crippen LogP contribution >= 0.6 is 0 Å². The molecule has 15 heavy (non-hydrogen) atoms. The maximum absolute atomic E-state index is 5.37. The van der Waals surface area contributed by atoms with E-state index >= 15 is 0 Å². The predicted molar refractivity (Wildman–Crippen MR) is 61.6 cm³/mol. The van der Waals surface area contributed by atoms with Crippen LogP contribution in [-0.4, -0.2) is 26.0 Å². The summed E-state index contributed by atoms with van der Waals surface area (Å²) in [4.78, 5) is 0. The molecular formula is C12H18NO2-. The second-order valence-electron chi connectivity index (χ2n) is 3.05. The monoisotopic (exact) mass is 208 g/mol. The van der Waals surface area contributed by atoms with Gasteiger partial charge in [-0.2, -0.15) is 6.20 Å². The average molecular weight is 208 g/mol. The lowest BCUT2D eigenvalue weighted by Gasteiger charge is -2.24. The molecule has 0 saturated carbocycles. The van der Waals surface area contributed by atoms with E-state index in [1.807, 2.05) is 44.4 Å². The van der Waals surface area contributed by atoms with Crippen molar-refractivity contribution in [1.82, 2.24) is 0 Å². The normalized spacial score (nSPS) is 13.9. The van der Waals surface area contributed by atoms with Crippen molar-refractivity contribution in [2.75, 3.05) is 19.8 Å². The van der Waals surface area contributed by atoms with Gasteiger partial charge in [0.2, 0.25) is 0 Å². The number of allylic oxidation sites excluding steroid dienone is 5. The van der Waals surface area contributed by atoms with Crippen LogP contribution in [0.5, 0.6) is 0 Å². The van der Waals surface area contributed by atoms with Gasteiger partial charge >= 0.3 is 0 Å². The number of ether oxygens (including phenoxy) is 2. The van der Waals surface area contributed by atoms with Crippen LogP contribution in [-0.2, 0) is 9.47 Å². The summed E-state index contributed by atoms with van der Waals surface area (Å²) in [7, 11) is 0. The van der Waals surface area contributed by atoms with Crippen molar-refractivity contribution in [2.24, 2.45) is 0 Å². The Labute approximate surface area is 91.5 Å². The second-order valence-corrected chi connectivity index (χ2v) is 3.05. The van der Waals surface area contributed by atoms with Crippen molar-refractivity contribution >= 4 is 0 Å². The van der Waals surface area contributed by atoms with Crippen LogP contribution in [0.1, 0.15) is 13.8 Å². The molecule has 1 aliphatic rings. The van der Waals surface area contributed by atoms with Crippen LogP contribution in [0.4, 0.5) is 0 Å². The minimum atomic E-state index is -0.216. The first-order valence-corrected chi connectivity index (χ1v) is 5.31. The Balaban J connectivity index is 2.23. The molecular weight excluding hydrogens is 190 g/mol. The molecule has 84 valence electrons. The van der Waals surface area contributed by atoms with Crippen molar-refractivity contribution in [1.29, 1.82) is 0 Å². The molecule has 0 amide bonds. The van der Waals surface area contributed by atoms with Crippen molar-refractivity contribution < 1.29 is 9.47 Å². The Morgan fingerprint density at radius 3 is 2.33 bits per heavy atom. The maximum atomic E-state index is 5.37. The van der Waals surface area contributed by atoms with Crippen LogP contribution in [0.2, 0.25) is 0 Å². The van der Waals surface area contributed by atoms with E-state index in [1.54, 1.807) is 0 Å². The average Bonchev–Trinajstić information content (AvgIpc) is 2.71. The van der Waals surface area contributed by atoms with Gasteiger partial charge in [-0.25, -0.2) is 0 Å². The van der Waals surface area contributed by atoms with Crippen molar-refractivity contribution in [3.63, 3.8) is 0 Å². The van der Waals surface area contributed by atoms with Gasteiger partial charge in [-0.05, 0) is 19.4 Å². The highest BCUT2D eigenvalue weighted by molar-refractivity contribution is 5.41. The lowest BCUT2D eigenvalue weighted by Crippen LogP contribution is -2.20. The van der Waals surface area contributed by atoms with Crippen LogP contribution < -0.4 is 0 Å². The van der Waals surface area contributed by atoms with Gasteiger partial charge in [-0.15, -0.1) is 0 Å². The number of rotatable bonds is 7. The fraction of sp³-hybridized carbons (Fsp3) is 0.500. The standard InChI is InChI=1S/C12H18NO2/c1-3-14-12(15-4-2)10-13-9-11-7-5-6-8-11/h5-9,12H,3-4,10H2,1-2H3/q-1. The molecule has 0 fully saturated rings. The summed E-state index contributed by atoms with van der Waals surface area (Å²) in [5.74, 6) is 0. The molecule has 0 aromatic heterocycles. The summed E-state index contributed by atoms with van der Waals surface area (Å²) >= 11 is 0. The van der Waals surface area contributed by atoms with E-state index in [0.717, 1.165) is 5.57 Å². The van der Waals surface area contributed by atoms with E-state index in [4.69, 9.17) is 9.47 Å². The minimum Gasteiger partial charge on any atom is -0.686 e. The van der Waals surface area contributed by atoms with E-state index in [1.165, 1.54) is 0 Å². The number of nitrogens with zero attached hydrogens (tertiary/aromatic N) is 1. The van der Waals surface area contributed by atoms with E-state index in [0.29, 0.717) is 19.8 Å². The Hall–Kier alpha value is -1.06.